The first kappa shape index (κ1) is 20.4. The van der Waals surface area contributed by atoms with Gasteiger partial charge in [-0.3, -0.25) is 14.9 Å². The van der Waals surface area contributed by atoms with Gasteiger partial charge in [-0.15, -0.1) is 0 Å². The Kier molecular flexibility index (Phi) is 5.31. The summed E-state index contributed by atoms with van der Waals surface area (Å²) in [6.45, 7) is 12.5. The quantitative estimate of drug-likeness (QED) is 0.577. The summed E-state index contributed by atoms with van der Waals surface area (Å²) in [6, 6.07) is 9.29. The summed E-state index contributed by atoms with van der Waals surface area (Å²) in [5, 5.41) is 23.7. The highest BCUT2D eigenvalue weighted by Crippen LogP contribution is 2.32. The molecule has 0 atom stereocenters. The zero-order valence-electron chi connectivity index (χ0n) is 16.6. The van der Waals surface area contributed by atoms with E-state index in [-0.39, 0.29) is 27.8 Å². The van der Waals surface area contributed by atoms with Crippen molar-refractivity contribution in [3.05, 3.63) is 63.2 Å². The number of phenols is 1. The number of amides is 1. The lowest BCUT2D eigenvalue weighted by Crippen LogP contribution is -2.19. The van der Waals surface area contributed by atoms with Crippen molar-refractivity contribution < 1.29 is 14.8 Å². The van der Waals surface area contributed by atoms with Gasteiger partial charge in [-0.25, -0.2) is 0 Å². The fourth-order valence-electron chi connectivity index (χ4n) is 2.58. The van der Waals surface area contributed by atoms with Gasteiger partial charge in [0.2, 0.25) is 0 Å². The van der Waals surface area contributed by atoms with E-state index >= 15 is 0 Å². The largest absolute Gasteiger partial charge is 0.507 e. The van der Waals surface area contributed by atoms with Crippen molar-refractivity contribution in [2.45, 2.75) is 52.4 Å². The lowest BCUT2D eigenvalue weighted by atomic mass is 9.80. The Bertz CT molecular complexity index is 858. The summed E-state index contributed by atoms with van der Waals surface area (Å²) in [5.74, 6) is -0.900. The van der Waals surface area contributed by atoms with Crippen LogP contribution < -0.4 is 5.32 Å². The van der Waals surface area contributed by atoms with Crippen LogP contribution in [0.15, 0.2) is 36.4 Å². The molecule has 27 heavy (non-hydrogen) atoms. The average Bonchev–Trinajstić information content (AvgIpc) is 2.53. The monoisotopic (exact) mass is 370 g/mol. The Morgan fingerprint density at radius 2 is 1.48 bits per heavy atom. The zero-order chi connectivity index (χ0) is 20.6. The Labute approximate surface area is 159 Å². The maximum atomic E-state index is 12.6. The number of hydrogen-bond donors (Lipinski definition) is 2. The minimum Gasteiger partial charge on any atom is -0.507 e. The van der Waals surface area contributed by atoms with E-state index in [1.165, 1.54) is 0 Å². The van der Waals surface area contributed by atoms with Crippen LogP contribution in [-0.4, -0.2) is 15.9 Å². The lowest BCUT2D eigenvalue weighted by molar-refractivity contribution is -0.384. The minimum atomic E-state index is -0.603. The number of nitrogens with zero attached hydrogens (tertiary/aromatic N) is 1. The van der Waals surface area contributed by atoms with Crippen molar-refractivity contribution in [2.75, 3.05) is 5.32 Å². The molecule has 0 radical (unpaired) electrons. The molecule has 1 amide bonds. The minimum absolute atomic E-state index is 0.117. The fourth-order valence-corrected chi connectivity index (χ4v) is 2.58. The third-order valence-corrected chi connectivity index (χ3v) is 4.36. The van der Waals surface area contributed by atoms with Crippen LogP contribution in [0.4, 0.5) is 11.4 Å². The number of aromatic hydroxyl groups is 1. The third-order valence-electron chi connectivity index (χ3n) is 4.36. The second kappa shape index (κ2) is 7.02. The SMILES string of the molecule is CC(C)(C)c1cc(NC(=O)c2cc([N+](=O)[O-])ccc2O)cc(C(C)(C)C)c1. The molecule has 6 nitrogen and oxygen atoms in total. The first-order valence-electron chi connectivity index (χ1n) is 8.74. The molecule has 2 aromatic carbocycles. The predicted molar refractivity (Wildman–Crippen MR) is 107 cm³/mol. The van der Waals surface area contributed by atoms with Gasteiger partial charge in [0.15, 0.2) is 0 Å². The molecule has 2 aromatic rings. The van der Waals surface area contributed by atoms with Gasteiger partial charge >= 0.3 is 0 Å². The molecule has 2 N–H and O–H groups in total. The van der Waals surface area contributed by atoms with Crippen molar-refractivity contribution in [2.24, 2.45) is 0 Å². The van der Waals surface area contributed by atoms with Crippen LogP contribution in [-0.2, 0) is 10.8 Å². The Morgan fingerprint density at radius 1 is 0.963 bits per heavy atom. The zero-order valence-corrected chi connectivity index (χ0v) is 16.6. The molecule has 0 fully saturated rings. The number of phenolic OH excluding ortho intramolecular Hbond substituents is 1. The van der Waals surface area contributed by atoms with Crippen molar-refractivity contribution in [3.63, 3.8) is 0 Å². The van der Waals surface area contributed by atoms with E-state index < -0.39 is 10.8 Å². The molecule has 0 aliphatic rings. The summed E-state index contributed by atoms with van der Waals surface area (Å²) in [7, 11) is 0. The van der Waals surface area contributed by atoms with Crippen LogP contribution in [0.25, 0.3) is 0 Å². The Morgan fingerprint density at radius 3 is 1.93 bits per heavy atom. The molecular formula is C21H26N2O4. The summed E-state index contributed by atoms with van der Waals surface area (Å²) in [4.78, 5) is 23.0. The molecule has 2 rings (SSSR count). The average molecular weight is 370 g/mol. The van der Waals surface area contributed by atoms with E-state index in [0.29, 0.717) is 5.69 Å². The number of carbonyl (C=O) groups excluding carboxylic acids is 1. The highest BCUT2D eigenvalue weighted by atomic mass is 16.6. The van der Waals surface area contributed by atoms with Crippen LogP contribution in [0, 0.1) is 10.1 Å². The van der Waals surface area contributed by atoms with Gasteiger partial charge in [0.1, 0.15) is 5.75 Å². The number of rotatable bonds is 3. The Balaban J connectivity index is 2.46. The van der Waals surface area contributed by atoms with Crippen LogP contribution in [0.3, 0.4) is 0 Å². The highest BCUT2D eigenvalue weighted by molar-refractivity contribution is 6.06. The summed E-state index contributed by atoms with van der Waals surface area (Å²) < 4.78 is 0. The molecule has 0 bridgehead atoms. The second-order valence-electron chi connectivity index (χ2n) is 8.71. The van der Waals surface area contributed by atoms with Crippen LogP contribution in [0.1, 0.15) is 63.0 Å². The molecule has 0 heterocycles. The van der Waals surface area contributed by atoms with Gasteiger partial charge in [-0.2, -0.15) is 0 Å². The maximum absolute atomic E-state index is 12.6. The van der Waals surface area contributed by atoms with E-state index in [1.54, 1.807) is 0 Å². The van der Waals surface area contributed by atoms with Gasteiger partial charge in [0.05, 0.1) is 10.5 Å². The lowest BCUT2D eigenvalue weighted by Gasteiger charge is -2.26. The Hall–Kier alpha value is -2.89. The van der Waals surface area contributed by atoms with Crippen molar-refractivity contribution in [1.29, 1.82) is 0 Å². The number of nitrogens with one attached hydrogen (secondary N) is 1. The summed E-state index contributed by atoms with van der Waals surface area (Å²) >= 11 is 0. The van der Waals surface area contributed by atoms with Crippen molar-refractivity contribution >= 4 is 17.3 Å². The molecular weight excluding hydrogens is 344 g/mol. The van der Waals surface area contributed by atoms with Gasteiger partial charge in [0.25, 0.3) is 11.6 Å². The maximum Gasteiger partial charge on any atom is 0.270 e. The molecule has 6 heteroatoms. The van der Waals surface area contributed by atoms with Crippen molar-refractivity contribution in [3.8, 4) is 5.75 Å². The van der Waals surface area contributed by atoms with Gasteiger partial charge in [-0.05, 0) is 40.2 Å². The smallest absolute Gasteiger partial charge is 0.270 e. The molecule has 0 saturated heterocycles. The molecule has 0 unspecified atom stereocenters. The standard InChI is InChI=1S/C21H26N2O4/c1-20(2,3)13-9-14(21(4,5)6)11-15(10-13)22-19(25)17-12-16(23(26)27)7-8-18(17)24/h7-12,24H,1-6H3,(H,22,25). The fraction of sp³-hybridized carbons (Fsp3) is 0.381. The van der Waals surface area contributed by atoms with E-state index in [4.69, 9.17) is 0 Å². The van der Waals surface area contributed by atoms with Gasteiger partial charge < -0.3 is 10.4 Å². The van der Waals surface area contributed by atoms with Gasteiger partial charge in [-0.1, -0.05) is 47.6 Å². The molecule has 0 spiro atoms. The topological polar surface area (TPSA) is 92.5 Å². The summed E-state index contributed by atoms with van der Waals surface area (Å²) in [6.07, 6.45) is 0. The molecule has 0 aliphatic heterocycles. The molecule has 144 valence electrons. The number of nitro groups is 1. The third kappa shape index (κ3) is 4.84. The molecule has 0 aromatic heterocycles. The van der Waals surface area contributed by atoms with E-state index in [9.17, 15) is 20.0 Å². The summed E-state index contributed by atoms with van der Waals surface area (Å²) in [5.41, 5.74) is 2.09. The predicted octanol–water partition coefficient (Wildman–Crippen LogP) is 5.15. The highest BCUT2D eigenvalue weighted by Gasteiger charge is 2.22. The van der Waals surface area contributed by atoms with Crippen LogP contribution >= 0.6 is 0 Å². The first-order valence-corrected chi connectivity index (χ1v) is 8.74. The number of non-ortho nitro benzene ring substituents is 1. The van der Waals surface area contributed by atoms with Crippen LogP contribution in [0.2, 0.25) is 0 Å². The number of anilines is 1. The number of hydrogen-bond acceptors (Lipinski definition) is 4. The van der Waals surface area contributed by atoms with Crippen molar-refractivity contribution in [1.82, 2.24) is 0 Å². The van der Waals surface area contributed by atoms with Crippen LogP contribution in [0.5, 0.6) is 5.75 Å². The second-order valence-corrected chi connectivity index (χ2v) is 8.71. The van der Waals surface area contributed by atoms with E-state index in [2.05, 4.69) is 52.9 Å². The number of carbonyl (C=O) groups is 1. The number of benzene rings is 2. The van der Waals surface area contributed by atoms with E-state index in [0.717, 1.165) is 29.3 Å². The molecule has 0 saturated carbocycles. The normalized spacial score (nSPS) is 11.9. The van der Waals surface area contributed by atoms with Gasteiger partial charge in [0, 0.05) is 17.8 Å². The first-order chi connectivity index (χ1) is 12.3. The number of nitro benzene ring substituents is 1. The molecule has 0 aliphatic carbocycles. The van der Waals surface area contributed by atoms with E-state index in [1.807, 2.05) is 12.1 Å².